The SMILES string of the molecule is COCCN(C)c1ncc([N+](=O)[O-])c(NCC2CCCCC2C(=O)OC)n1. The summed E-state index contributed by atoms with van der Waals surface area (Å²) < 4.78 is 9.94. The Kier molecular flexibility index (Phi) is 7.71. The Morgan fingerprint density at radius 3 is 2.81 bits per heavy atom. The van der Waals surface area contributed by atoms with Crippen molar-refractivity contribution < 1.29 is 19.2 Å². The molecule has 2 atom stereocenters. The van der Waals surface area contributed by atoms with Crippen LogP contribution < -0.4 is 10.2 Å². The van der Waals surface area contributed by atoms with Gasteiger partial charge in [0.25, 0.3) is 0 Å². The van der Waals surface area contributed by atoms with Crippen molar-refractivity contribution >= 4 is 23.4 Å². The Bertz CT molecular complexity index is 657. The van der Waals surface area contributed by atoms with E-state index in [0.717, 1.165) is 25.7 Å². The normalized spacial score (nSPS) is 19.4. The highest BCUT2D eigenvalue weighted by atomic mass is 16.6. The predicted molar refractivity (Wildman–Crippen MR) is 99.8 cm³/mol. The molecule has 10 heteroatoms. The number of esters is 1. The number of nitro groups is 1. The van der Waals surface area contributed by atoms with Gasteiger partial charge in [0.05, 0.1) is 24.6 Å². The molecule has 0 radical (unpaired) electrons. The lowest BCUT2D eigenvalue weighted by molar-refractivity contribution is -0.384. The van der Waals surface area contributed by atoms with E-state index in [1.807, 2.05) is 0 Å². The molecule has 1 N–H and O–H groups in total. The fourth-order valence-corrected chi connectivity index (χ4v) is 3.28. The maximum Gasteiger partial charge on any atom is 0.329 e. The standard InChI is InChI=1S/C17H27N5O5/c1-21(8-9-26-2)17-19-11-14(22(24)25)15(20-17)18-10-12-6-4-5-7-13(12)16(23)27-3/h11-13H,4-10H2,1-3H3,(H,18,19,20). The van der Waals surface area contributed by atoms with Gasteiger partial charge in [0.2, 0.25) is 11.8 Å². The number of likely N-dealkylation sites (N-methyl/N-ethyl adjacent to an activating group) is 1. The van der Waals surface area contributed by atoms with Crippen molar-refractivity contribution in [1.29, 1.82) is 0 Å². The van der Waals surface area contributed by atoms with E-state index in [0.29, 0.717) is 25.6 Å². The van der Waals surface area contributed by atoms with E-state index in [-0.39, 0.29) is 29.3 Å². The fraction of sp³-hybridized carbons (Fsp3) is 0.706. The van der Waals surface area contributed by atoms with Crippen LogP contribution in [0.1, 0.15) is 25.7 Å². The molecule has 1 heterocycles. The number of ether oxygens (including phenoxy) is 2. The second-order valence-corrected chi connectivity index (χ2v) is 6.63. The van der Waals surface area contributed by atoms with Crippen LogP contribution in [-0.2, 0) is 14.3 Å². The first-order chi connectivity index (χ1) is 13.0. The van der Waals surface area contributed by atoms with Crippen LogP contribution in [0.4, 0.5) is 17.5 Å². The number of rotatable bonds is 9. The van der Waals surface area contributed by atoms with E-state index < -0.39 is 4.92 Å². The Hall–Kier alpha value is -2.49. The lowest BCUT2D eigenvalue weighted by atomic mass is 9.79. The third-order valence-corrected chi connectivity index (χ3v) is 4.87. The van der Waals surface area contributed by atoms with E-state index in [4.69, 9.17) is 9.47 Å². The lowest BCUT2D eigenvalue weighted by Crippen LogP contribution is -2.33. The predicted octanol–water partition coefficient (Wildman–Crippen LogP) is 1.86. The fourth-order valence-electron chi connectivity index (χ4n) is 3.28. The molecule has 0 aromatic carbocycles. The summed E-state index contributed by atoms with van der Waals surface area (Å²) in [5.41, 5.74) is -0.190. The van der Waals surface area contributed by atoms with E-state index >= 15 is 0 Å². The molecule has 1 aliphatic rings. The molecule has 0 saturated heterocycles. The maximum atomic E-state index is 12.0. The minimum absolute atomic E-state index is 0.0513. The molecule has 1 aromatic heterocycles. The van der Waals surface area contributed by atoms with Crippen molar-refractivity contribution in [3.05, 3.63) is 16.3 Å². The summed E-state index contributed by atoms with van der Waals surface area (Å²) in [4.78, 5) is 33.0. The molecule has 1 aliphatic carbocycles. The van der Waals surface area contributed by atoms with Crippen LogP contribution in [0.2, 0.25) is 0 Å². The topological polar surface area (TPSA) is 120 Å². The number of aromatic nitrogens is 2. The second kappa shape index (κ2) is 10.0. The number of nitrogens with zero attached hydrogens (tertiary/aromatic N) is 4. The smallest absolute Gasteiger partial charge is 0.329 e. The Morgan fingerprint density at radius 2 is 2.15 bits per heavy atom. The molecule has 2 rings (SSSR count). The molecule has 10 nitrogen and oxygen atoms in total. The molecule has 0 aliphatic heterocycles. The van der Waals surface area contributed by atoms with Gasteiger partial charge in [-0.15, -0.1) is 0 Å². The number of nitrogens with one attached hydrogen (secondary N) is 1. The summed E-state index contributed by atoms with van der Waals surface area (Å²) in [7, 11) is 4.77. The van der Waals surface area contributed by atoms with Crippen molar-refractivity contribution in [3.63, 3.8) is 0 Å². The van der Waals surface area contributed by atoms with Gasteiger partial charge in [-0.25, -0.2) is 4.98 Å². The quantitative estimate of drug-likeness (QED) is 0.388. The van der Waals surface area contributed by atoms with Crippen molar-refractivity contribution in [3.8, 4) is 0 Å². The first-order valence-electron chi connectivity index (χ1n) is 9.01. The summed E-state index contributed by atoms with van der Waals surface area (Å²) in [5, 5.41) is 14.4. The van der Waals surface area contributed by atoms with Gasteiger partial charge in [0.1, 0.15) is 6.20 Å². The molecular formula is C17H27N5O5. The first kappa shape index (κ1) is 20.8. The van der Waals surface area contributed by atoms with Gasteiger partial charge < -0.3 is 19.7 Å². The summed E-state index contributed by atoms with van der Waals surface area (Å²) in [6, 6.07) is 0. The van der Waals surface area contributed by atoms with Crippen LogP contribution >= 0.6 is 0 Å². The minimum Gasteiger partial charge on any atom is -0.469 e. The average molecular weight is 381 g/mol. The van der Waals surface area contributed by atoms with Crippen molar-refractivity contribution in [2.75, 3.05) is 51.2 Å². The van der Waals surface area contributed by atoms with Gasteiger partial charge >= 0.3 is 11.7 Å². The van der Waals surface area contributed by atoms with Crippen molar-refractivity contribution in [2.24, 2.45) is 11.8 Å². The van der Waals surface area contributed by atoms with Crippen LogP contribution in [0.15, 0.2) is 6.20 Å². The molecule has 0 amide bonds. The summed E-state index contributed by atoms with van der Waals surface area (Å²) in [6.45, 7) is 1.46. The summed E-state index contributed by atoms with van der Waals surface area (Å²) in [6.07, 6.45) is 4.85. The first-order valence-corrected chi connectivity index (χ1v) is 9.01. The molecule has 1 saturated carbocycles. The van der Waals surface area contributed by atoms with Crippen LogP contribution in [0.3, 0.4) is 0 Å². The monoisotopic (exact) mass is 381 g/mol. The number of carbonyl (C=O) groups is 1. The van der Waals surface area contributed by atoms with Crippen LogP contribution in [0.25, 0.3) is 0 Å². The zero-order valence-corrected chi connectivity index (χ0v) is 16.0. The molecule has 0 spiro atoms. The molecule has 2 unspecified atom stereocenters. The van der Waals surface area contributed by atoms with Gasteiger partial charge in [-0.2, -0.15) is 4.98 Å². The summed E-state index contributed by atoms with van der Waals surface area (Å²) >= 11 is 0. The molecule has 27 heavy (non-hydrogen) atoms. The third-order valence-electron chi connectivity index (χ3n) is 4.87. The van der Waals surface area contributed by atoms with Gasteiger partial charge in [-0.05, 0) is 18.8 Å². The highest BCUT2D eigenvalue weighted by Gasteiger charge is 2.32. The highest BCUT2D eigenvalue weighted by Crippen LogP contribution is 2.32. The van der Waals surface area contributed by atoms with Gasteiger partial charge in [0, 0.05) is 27.2 Å². The average Bonchev–Trinajstić information content (AvgIpc) is 2.69. The minimum atomic E-state index is -0.514. The van der Waals surface area contributed by atoms with E-state index in [1.165, 1.54) is 13.3 Å². The number of anilines is 2. The number of hydrogen-bond acceptors (Lipinski definition) is 9. The molecular weight excluding hydrogens is 354 g/mol. The summed E-state index contributed by atoms with van der Waals surface area (Å²) in [5.74, 6) is 0.159. The van der Waals surface area contributed by atoms with E-state index in [1.54, 1.807) is 19.1 Å². The molecule has 1 aromatic rings. The highest BCUT2D eigenvalue weighted by molar-refractivity contribution is 5.73. The Balaban J connectivity index is 2.14. The van der Waals surface area contributed by atoms with Crippen molar-refractivity contribution in [2.45, 2.75) is 25.7 Å². The number of hydrogen-bond donors (Lipinski definition) is 1. The van der Waals surface area contributed by atoms with Crippen LogP contribution in [-0.4, -0.2) is 61.8 Å². The van der Waals surface area contributed by atoms with Crippen LogP contribution in [0, 0.1) is 22.0 Å². The Morgan fingerprint density at radius 1 is 1.41 bits per heavy atom. The van der Waals surface area contributed by atoms with E-state index in [2.05, 4.69) is 15.3 Å². The van der Waals surface area contributed by atoms with Gasteiger partial charge in [-0.3, -0.25) is 14.9 Å². The molecule has 1 fully saturated rings. The number of methoxy groups -OCH3 is 2. The Labute approximate surface area is 158 Å². The second-order valence-electron chi connectivity index (χ2n) is 6.63. The number of carbonyl (C=O) groups excluding carboxylic acids is 1. The van der Waals surface area contributed by atoms with E-state index in [9.17, 15) is 14.9 Å². The largest absolute Gasteiger partial charge is 0.469 e. The zero-order valence-electron chi connectivity index (χ0n) is 16.0. The van der Waals surface area contributed by atoms with Gasteiger partial charge in [0.15, 0.2) is 0 Å². The zero-order chi connectivity index (χ0) is 19.8. The van der Waals surface area contributed by atoms with Crippen molar-refractivity contribution in [1.82, 2.24) is 9.97 Å². The third kappa shape index (κ3) is 5.49. The van der Waals surface area contributed by atoms with Crippen LogP contribution in [0.5, 0.6) is 0 Å². The maximum absolute atomic E-state index is 12.0. The molecule has 150 valence electrons. The lowest BCUT2D eigenvalue weighted by Gasteiger charge is -2.29. The molecule has 0 bridgehead atoms. The van der Waals surface area contributed by atoms with Gasteiger partial charge in [-0.1, -0.05) is 12.8 Å².